The minimum absolute atomic E-state index is 0. The lowest BCUT2D eigenvalue weighted by Crippen LogP contribution is -2.22. The number of hydrogen-bond acceptors (Lipinski definition) is 2. The van der Waals surface area contributed by atoms with Crippen molar-refractivity contribution in [3.63, 3.8) is 0 Å². The summed E-state index contributed by atoms with van der Waals surface area (Å²) in [5.41, 5.74) is 5.21. The number of amides is 1. The number of nitrogens with two attached hydrogens (primary N) is 1. The summed E-state index contributed by atoms with van der Waals surface area (Å²) in [5, 5.41) is 0. The van der Waals surface area contributed by atoms with Gasteiger partial charge in [-0.05, 0) is 13.0 Å². The highest BCUT2D eigenvalue weighted by molar-refractivity contribution is 5.75. The van der Waals surface area contributed by atoms with E-state index in [1.807, 2.05) is 13.8 Å². The number of rotatable bonds is 3. The molecule has 1 amide bonds. The molecule has 0 fully saturated rings. The van der Waals surface area contributed by atoms with Gasteiger partial charge in [0.2, 0.25) is 5.91 Å². The SMILES string of the molecule is CC.CN(C)C(=O)CCCN.[HH]. The summed E-state index contributed by atoms with van der Waals surface area (Å²) >= 11 is 0. The molecule has 0 atom stereocenters. The van der Waals surface area contributed by atoms with Crippen LogP contribution < -0.4 is 5.73 Å². The van der Waals surface area contributed by atoms with Gasteiger partial charge in [0.25, 0.3) is 0 Å². The lowest BCUT2D eigenvalue weighted by Gasteiger charge is -2.08. The van der Waals surface area contributed by atoms with Gasteiger partial charge in [0.1, 0.15) is 0 Å². The van der Waals surface area contributed by atoms with Gasteiger partial charge in [-0.3, -0.25) is 4.79 Å². The lowest BCUT2D eigenvalue weighted by atomic mass is 10.3. The first-order valence-electron chi connectivity index (χ1n) is 4.08. The van der Waals surface area contributed by atoms with Crippen LogP contribution in [0.25, 0.3) is 0 Å². The quantitative estimate of drug-likeness (QED) is 0.675. The van der Waals surface area contributed by atoms with E-state index in [2.05, 4.69) is 0 Å². The lowest BCUT2D eigenvalue weighted by molar-refractivity contribution is -0.128. The molecule has 0 rings (SSSR count). The topological polar surface area (TPSA) is 46.3 Å². The highest BCUT2D eigenvalue weighted by Crippen LogP contribution is 1.89. The Kier molecular flexibility index (Phi) is 11.2. The number of carbonyl (C=O) groups excluding carboxylic acids is 1. The average molecular weight is 162 g/mol. The second-order valence-electron chi connectivity index (χ2n) is 2.18. The van der Waals surface area contributed by atoms with Crippen LogP contribution in [0.5, 0.6) is 0 Å². The van der Waals surface area contributed by atoms with Crippen LogP contribution in [0, 0.1) is 0 Å². The fourth-order valence-electron chi connectivity index (χ4n) is 0.477. The molecular weight excluding hydrogens is 140 g/mol. The first-order chi connectivity index (χ1) is 5.18. The predicted molar refractivity (Wildman–Crippen MR) is 50.4 cm³/mol. The zero-order valence-corrected chi connectivity index (χ0v) is 8.05. The summed E-state index contributed by atoms with van der Waals surface area (Å²) in [6, 6.07) is 0. The molecule has 0 aliphatic rings. The summed E-state index contributed by atoms with van der Waals surface area (Å²) in [5.74, 6) is 0.153. The van der Waals surface area contributed by atoms with Crippen LogP contribution in [0.4, 0.5) is 0 Å². The normalized spacial score (nSPS) is 8.09. The van der Waals surface area contributed by atoms with E-state index < -0.39 is 0 Å². The molecule has 0 aromatic rings. The van der Waals surface area contributed by atoms with Crippen LogP contribution in [-0.4, -0.2) is 31.4 Å². The molecule has 0 aliphatic carbocycles. The molecule has 0 aromatic carbocycles. The van der Waals surface area contributed by atoms with Gasteiger partial charge >= 0.3 is 0 Å². The van der Waals surface area contributed by atoms with Gasteiger partial charge in [-0.25, -0.2) is 0 Å². The Balaban J connectivity index is -0.000000249. The number of hydrogen-bond donors (Lipinski definition) is 1. The van der Waals surface area contributed by atoms with Gasteiger partial charge in [0.15, 0.2) is 0 Å². The van der Waals surface area contributed by atoms with Gasteiger partial charge < -0.3 is 10.6 Å². The van der Waals surface area contributed by atoms with Crippen molar-refractivity contribution in [2.45, 2.75) is 26.7 Å². The molecule has 0 spiro atoms. The summed E-state index contributed by atoms with van der Waals surface area (Å²) in [6.45, 7) is 4.60. The molecule has 11 heavy (non-hydrogen) atoms. The Labute approximate surface area is 71.0 Å². The zero-order valence-electron chi connectivity index (χ0n) is 8.05. The standard InChI is InChI=1S/C6H14N2O.C2H6.H2/c1-8(2)6(9)4-3-5-7;1-2;/h3-5,7H2,1-2H3;1-2H3;1H. The maximum Gasteiger partial charge on any atom is 0.222 e. The second kappa shape index (κ2) is 9.43. The summed E-state index contributed by atoms with van der Waals surface area (Å²) in [6.07, 6.45) is 1.36. The molecule has 0 heterocycles. The van der Waals surface area contributed by atoms with E-state index in [4.69, 9.17) is 5.73 Å². The molecule has 0 aromatic heterocycles. The average Bonchev–Trinajstić information content (AvgIpc) is 2.03. The van der Waals surface area contributed by atoms with Crippen LogP contribution in [0.15, 0.2) is 0 Å². The molecule has 0 unspecified atom stereocenters. The fourth-order valence-corrected chi connectivity index (χ4v) is 0.477. The van der Waals surface area contributed by atoms with Crippen molar-refractivity contribution in [3.05, 3.63) is 0 Å². The van der Waals surface area contributed by atoms with Crippen molar-refractivity contribution in [2.24, 2.45) is 5.73 Å². The van der Waals surface area contributed by atoms with Crippen molar-refractivity contribution in [1.29, 1.82) is 0 Å². The van der Waals surface area contributed by atoms with E-state index in [0.29, 0.717) is 13.0 Å². The van der Waals surface area contributed by atoms with Crippen LogP contribution in [0.3, 0.4) is 0 Å². The van der Waals surface area contributed by atoms with Gasteiger partial charge in [-0.1, -0.05) is 13.8 Å². The van der Waals surface area contributed by atoms with Crippen molar-refractivity contribution in [3.8, 4) is 0 Å². The second-order valence-corrected chi connectivity index (χ2v) is 2.18. The smallest absolute Gasteiger partial charge is 0.222 e. The minimum atomic E-state index is 0. The van der Waals surface area contributed by atoms with Gasteiger partial charge in [0, 0.05) is 21.9 Å². The maximum atomic E-state index is 10.8. The monoisotopic (exact) mass is 162 g/mol. The molecule has 0 saturated heterocycles. The first-order valence-corrected chi connectivity index (χ1v) is 4.08. The van der Waals surface area contributed by atoms with E-state index in [1.54, 1.807) is 19.0 Å². The molecular formula is C8H22N2O. The van der Waals surface area contributed by atoms with Crippen molar-refractivity contribution < 1.29 is 6.22 Å². The Morgan fingerprint density at radius 2 is 1.91 bits per heavy atom. The molecule has 0 bridgehead atoms. The highest BCUT2D eigenvalue weighted by atomic mass is 16.2. The third-order valence-electron chi connectivity index (χ3n) is 1.09. The third-order valence-corrected chi connectivity index (χ3v) is 1.09. The van der Waals surface area contributed by atoms with Crippen molar-refractivity contribution >= 4 is 5.91 Å². The van der Waals surface area contributed by atoms with Gasteiger partial charge in [-0.2, -0.15) is 0 Å². The van der Waals surface area contributed by atoms with Crippen LogP contribution >= 0.6 is 0 Å². The summed E-state index contributed by atoms with van der Waals surface area (Å²) in [4.78, 5) is 12.4. The number of carbonyl (C=O) groups is 1. The molecule has 0 radical (unpaired) electrons. The van der Waals surface area contributed by atoms with E-state index in [-0.39, 0.29) is 7.33 Å². The highest BCUT2D eigenvalue weighted by Gasteiger charge is 2.00. The molecule has 0 aliphatic heterocycles. The molecule has 0 saturated carbocycles. The Morgan fingerprint density at radius 3 is 2.18 bits per heavy atom. The van der Waals surface area contributed by atoms with Crippen LogP contribution in [-0.2, 0) is 4.79 Å². The van der Waals surface area contributed by atoms with Crippen LogP contribution in [0.2, 0.25) is 0 Å². The summed E-state index contributed by atoms with van der Waals surface area (Å²) in [7, 11) is 3.50. The Bertz CT molecular complexity index is 97.1. The Hall–Kier alpha value is -0.570. The van der Waals surface area contributed by atoms with Crippen LogP contribution in [0.1, 0.15) is 28.1 Å². The number of nitrogens with zero attached hydrogens (tertiary/aromatic N) is 1. The maximum absolute atomic E-state index is 10.8. The molecule has 3 heteroatoms. The molecule has 3 nitrogen and oxygen atoms in total. The van der Waals surface area contributed by atoms with E-state index in [1.165, 1.54) is 0 Å². The first kappa shape index (κ1) is 13.1. The Morgan fingerprint density at radius 1 is 1.45 bits per heavy atom. The van der Waals surface area contributed by atoms with E-state index in [9.17, 15) is 4.79 Å². The predicted octanol–water partition coefficient (Wildman–Crippen LogP) is 1.09. The van der Waals surface area contributed by atoms with Crippen molar-refractivity contribution in [2.75, 3.05) is 20.6 Å². The molecule has 2 N–H and O–H groups in total. The van der Waals surface area contributed by atoms with E-state index >= 15 is 0 Å². The molecule has 70 valence electrons. The van der Waals surface area contributed by atoms with Gasteiger partial charge in [0.05, 0.1) is 0 Å². The zero-order chi connectivity index (χ0) is 9.28. The summed E-state index contributed by atoms with van der Waals surface area (Å²) < 4.78 is 0. The minimum Gasteiger partial charge on any atom is -0.349 e. The largest absolute Gasteiger partial charge is 0.349 e. The van der Waals surface area contributed by atoms with Crippen molar-refractivity contribution in [1.82, 2.24) is 4.90 Å². The van der Waals surface area contributed by atoms with Gasteiger partial charge in [-0.15, -0.1) is 0 Å². The fraction of sp³-hybridized carbons (Fsp3) is 0.875. The van der Waals surface area contributed by atoms with E-state index in [0.717, 1.165) is 6.42 Å². The third kappa shape index (κ3) is 9.43.